The van der Waals surface area contributed by atoms with Crippen LogP contribution in [0, 0.1) is 5.92 Å². The van der Waals surface area contributed by atoms with E-state index in [-0.39, 0.29) is 11.8 Å². The number of benzene rings is 2. The smallest absolute Gasteiger partial charge is 0.228 e. The summed E-state index contributed by atoms with van der Waals surface area (Å²) in [7, 11) is 4.04. The van der Waals surface area contributed by atoms with Gasteiger partial charge in [0.1, 0.15) is 0 Å². The molecule has 2 aromatic rings. The van der Waals surface area contributed by atoms with E-state index in [1.807, 2.05) is 26.2 Å². The molecule has 0 aliphatic carbocycles. The van der Waals surface area contributed by atoms with Crippen molar-refractivity contribution in [2.45, 2.75) is 25.7 Å². The molecule has 0 fully saturated rings. The summed E-state index contributed by atoms with van der Waals surface area (Å²) in [5, 5.41) is 2.33. The Labute approximate surface area is 133 Å². The lowest BCUT2D eigenvalue weighted by molar-refractivity contribution is -0.125. The van der Waals surface area contributed by atoms with Gasteiger partial charge >= 0.3 is 0 Å². The molecule has 0 radical (unpaired) electrons. The van der Waals surface area contributed by atoms with E-state index in [1.54, 1.807) is 0 Å². The molecule has 3 heteroatoms. The molecule has 0 saturated carbocycles. The number of amides is 1. The average Bonchev–Trinajstić information content (AvgIpc) is 2.46. The van der Waals surface area contributed by atoms with Crippen LogP contribution in [-0.4, -0.2) is 31.4 Å². The van der Waals surface area contributed by atoms with Crippen LogP contribution in [0.2, 0.25) is 0 Å². The van der Waals surface area contributed by atoms with Crippen molar-refractivity contribution in [2.24, 2.45) is 11.7 Å². The second kappa shape index (κ2) is 6.49. The number of rotatable bonds is 6. The number of hydrogen-bond acceptors (Lipinski definition) is 2. The quantitative estimate of drug-likeness (QED) is 0.890. The molecular weight excluding hydrogens is 272 g/mol. The van der Waals surface area contributed by atoms with Crippen molar-refractivity contribution in [3.63, 3.8) is 0 Å². The molecule has 2 rings (SSSR count). The number of fused-ring (bicyclic) bond motifs is 1. The monoisotopic (exact) mass is 298 g/mol. The largest absolute Gasteiger partial charge is 0.369 e. The highest BCUT2D eigenvalue weighted by Gasteiger charge is 2.41. The second-order valence-corrected chi connectivity index (χ2v) is 6.61. The van der Waals surface area contributed by atoms with Crippen molar-refractivity contribution in [2.75, 3.05) is 20.6 Å². The van der Waals surface area contributed by atoms with Crippen LogP contribution in [0.15, 0.2) is 42.5 Å². The first kappa shape index (κ1) is 16.5. The molecule has 0 spiro atoms. The number of carbonyl (C=O) groups excluding carboxylic acids is 1. The average molecular weight is 298 g/mol. The van der Waals surface area contributed by atoms with Gasteiger partial charge in [-0.3, -0.25) is 4.79 Å². The van der Waals surface area contributed by atoms with Crippen molar-refractivity contribution >= 4 is 16.7 Å². The van der Waals surface area contributed by atoms with Gasteiger partial charge in [0.15, 0.2) is 0 Å². The molecule has 0 aromatic heterocycles. The van der Waals surface area contributed by atoms with E-state index in [2.05, 4.69) is 49.1 Å². The minimum absolute atomic E-state index is 0.145. The lowest BCUT2D eigenvalue weighted by Gasteiger charge is -2.36. The van der Waals surface area contributed by atoms with Crippen LogP contribution in [0.5, 0.6) is 0 Å². The Hall–Kier alpha value is -1.87. The molecule has 3 nitrogen and oxygen atoms in total. The maximum absolute atomic E-state index is 12.4. The van der Waals surface area contributed by atoms with E-state index in [0.29, 0.717) is 0 Å². The Balaban J connectivity index is 2.56. The molecule has 1 atom stereocenters. The Kier molecular flexibility index (Phi) is 4.87. The van der Waals surface area contributed by atoms with Crippen molar-refractivity contribution in [3.8, 4) is 0 Å². The molecule has 0 heterocycles. The van der Waals surface area contributed by atoms with E-state index in [0.717, 1.165) is 23.9 Å². The summed E-state index contributed by atoms with van der Waals surface area (Å²) < 4.78 is 0. The van der Waals surface area contributed by atoms with Crippen molar-refractivity contribution in [3.05, 3.63) is 48.0 Å². The van der Waals surface area contributed by atoms with Gasteiger partial charge in [-0.15, -0.1) is 0 Å². The standard InChI is InChI=1S/C19H26N2O/c1-14(2)19(18(20)22,11-12-21(3)4)17-10-9-15-7-5-6-8-16(15)13-17/h5-10,13-14H,11-12H2,1-4H3,(H2,20,22). The summed E-state index contributed by atoms with van der Waals surface area (Å²) in [5.74, 6) is -0.0919. The lowest BCUT2D eigenvalue weighted by Crippen LogP contribution is -2.47. The topological polar surface area (TPSA) is 46.3 Å². The molecule has 0 aliphatic heterocycles. The Morgan fingerprint density at radius 1 is 1.14 bits per heavy atom. The van der Waals surface area contributed by atoms with Crippen LogP contribution in [-0.2, 0) is 10.2 Å². The number of carbonyl (C=O) groups is 1. The summed E-state index contributed by atoms with van der Waals surface area (Å²) in [5.41, 5.74) is 6.27. The van der Waals surface area contributed by atoms with Crippen LogP contribution < -0.4 is 5.73 Å². The predicted molar refractivity (Wildman–Crippen MR) is 92.8 cm³/mol. The highest BCUT2D eigenvalue weighted by Crippen LogP contribution is 2.37. The van der Waals surface area contributed by atoms with E-state index in [4.69, 9.17) is 5.73 Å². The van der Waals surface area contributed by atoms with Crippen LogP contribution in [0.25, 0.3) is 10.8 Å². The highest BCUT2D eigenvalue weighted by molar-refractivity contribution is 5.90. The Morgan fingerprint density at radius 2 is 1.77 bits per heavy atom. The van der Waals surface area contributed by atoms with Gasteiger partial charge in [0.25, 0.3) is 0 Å². The van der Waals surface area contributed by atoms with Crippen molar-refractivity contribution in [1.29, 1.82) is 0 Å². The van der Waals surface area contributed by atoms with E-state index >= 15 is 0 Å². The fraction of sp³-hybridized carbons (Fsp3) is 0.421. The molecule has 118 valence electrons. The first-order chi connectivity index (χ1) is 10.4. The summed E-state index contributed by atoms with van der Waals surface area (Å²) in [6.45, 7) is 4.99. The minimum atomic E-state index is -0.631. The van der Waals surface area contributed by atoms with E-state index in [9.17, 15) is 4.79 Å². The molecule has 0 aliphatic rings. The highest BCUT2D eigenvalue weighted by atomic mass is 16.1. The van der Waals surface area contributed by atoms with Crippen LogP contribution in [0.3, 0.4) is 0 Å². The summed E-state index contributed by atoms with van der Waals surface area (Å²) in [6.07, 6.45) is 0.728. The third kappa shape index (κ3) is 3.00. The molecule has 0 bridgehead atoms. The van der Waals surface area contributed by atoms with E-state index in [1.165, 1.54) is 5.39 Å². The zero-order valence-corrected chi connectivity index (χ0v) is 14.0. The van der Waals surface area contributed by atoms with Crippen molar-refractivity contribution in [1.82, 2.24) is 4.90 Å². The van der Waals surface area contributed by atoms with Crippen molar-refractivity contribution < 1.29 is 4.79 Å². The van der Waals surface area contributed by atoms with Gasteiger partial charge in [-0.05, 0) is 49.3 Å². The SMILES string of the molecule is CC(C)C(CCN(C)C)(C(N)=O)c1ccc2ccccc2c1. The summed E-state index contributed by atoms with van der Waals surface area (Å²) in [4.78, 5) is 14.5. The van der Waals surface area contributed by atoms with E-state index < -0.39 is 5.41 Å². The zero-order chi connectivity index (χ0) is 16.3. The van der Waals surface area contributed by atoms with Gasteiger partial charge in [-0.1, -0.05) is 56.3 Å². The number of nitrogens with two attached hydrogens (primary N) is 1. The number of primary amides is 1. The van der Waals surface area contributed by atoms with Gasteiger partial charge in [-0.2, -0.15) is 0 Å². The summed E-state index contributed by atoms with van der Waals surface area (Å²) in [6, 6.07) is 14.5. The summed E-state index contributed by atoms with van der Waals surface area (Å²) >= 11 is 0. The van der Waals surface area contributed by atoms with Crippen LogP contribution in [0.1, 0.15) is 25.8 Å². The molecule has 2 aromatic carbocycles. The first-order valence-electron chi connectivity index (χ1n) is 7.82. The molecule has 1 unspecified atom stereocenters. The Morgan fingerprint density at radius 3 is 2.32 bits per heavy atom. The number of hydrogen-bond donors (Lipinski definition) is 1. The Bertz CT molecular complexity index is 663. The lowest BCUT2D eigenvalue weighted by atomic mass is 9.68. The molecule has 1 amide bonds. The second-order valence-electron chi connectivity index (χ2n) is 6.61. The minimum Gasteiger partial charge on any atom is -0.369 e. The van der Waals surface area contributed by atoms with Crippen LogP contribution >= 0.6 is 0 Å². The predicted octanol–water partition coefficient (Wildman–Crippen LogP) is 3.17. The number of nitrogens with zero attached hydrogens (tertiary/aromatic N) is 1. The van der Waals surface area contributed by atoms with Gasteiger partial charge in [0, 0.05) is 0 Å². The normalized spacial score (nSPS) is 14.5. The maximum Gasteiger partial charge on any atom is 0.228 e. The third-order valence-electron chi connectivity index (χ3n) is 4.64. The van der Waals surface area contributed by atoms with Crippen LogP contribution in [0.4, 0.5) is 0 Å². The fourth-order valence-electron chi connectivity index (χ4n) is 3.18. The van der Waals surface area contributed by atoms with Gasteiger partial charge in [-0.25, -0.2) is 0 Å². The first-order valence-corrected chi connectivity index (χ1v) is 7.82. The maximum atomic E-state index is 12.4. The molecular formula is C19H26N2O. The molecule has 22 heavy (non-hydrogen) atoms. The van der Waals surface area contributed by atoms with Gasteiger partial charge < -0.3 is 10.6 Å². The zero-order valence-electron chi connectivity index (χ0n) is 14.0. The third-order valence-corrected chi connectivity index (χ3v) is 4.64. The van der Waals surface area contributed by atoms with Gasteiger partial charge in [0.2, 0.25) is 5.91 Å². The molecule has 2 N–H and O–H groups in total. The van der Waals surface area contributed by atoms with Gasteiger partial charge in [0.05, 0.1) is 5.41 Å². The fourth-order valence-corrected chi connectivity index (χ4v) is 3.18. The molecule has 0 saturated heterocycles.